The molecule has 2 amide bonds. The molecule has 0 saturated carbocycles. The summed E-state index contributed by atoms with van der Waals surface area (Å²) in [6, 6.07) is 9.72. The van der Waals surface area contributed by atoms with Crippen LogP contribution in [0.1, 0.15) is 58.7 Å². The number of hydrogen-bond acceptors (Lipinski definition) is 5. The second kappa shape index (κ2) is 10.9. The monoisotopic (exact) mass is 442 g/mol. The van der Waals surface area contributed by atoms with Crippen molar-refractivity contribution in [3.8, 4) is 5.69 Å². The van der Waals surface area contributed by atoms with Crippen molar-refractivity contribution in [1.82, 2.24) is 14.7 Å². The van der Waals surface area contributed by atoms with Crippen LogP contribution in [0.4, 0.5) is 5.82 Å². The van der Waals surface area contributed by atoms with E-state index in [1.807, 2.05) is 37.3 Å². The van der Waals surface area contributed by atoms with Gasteiger partial charge in [0.15, 0.2) is 0 Å². The molecular formula is C24H34N4O4. The molecule has 0 unspecified atom stereocenters. The van der Waals surface area contributed by atoms with Crippen molar-refractivity contribution in [1.29, 1.82) is 0 Å². The van der Waals surface area contributed by atoms with E-state index in [9.17, 15) is 14.4 Å². The zero-order chi connectivity index (χ0) is 23.9. The Bertz CT molecular complexity index is 959. The van der Waals surface area contributed by atoms with Gasteiger partial charge in [0.05, 0.1) is 31.0 Å². The van der Waals surface area contributed by atoms with E-state index in [2.05, 4.69) is 26.1 Å². The first kappa shape index (κ1) is 25.1. The maximum absolute atomic E-state index is 12.8. The van der Waals surface area contributed by atoms with Crippen molar-refractivity contribution >= 4 is 23.6 Å². The van der Waals surface area contributed by atoms with Crippen molar-refractivity contribution in [2.24, 2.45) is 0 Å². The van der Waals surface area contributed by atoms with Gasteiger partial charge in [0, 0.05) is 24.4 Å². The summed E-state index contributed by atoms with van der Waals surface area (Å²) in [5, 5.41) is 7.62. The van der Waals surface area contributed by atoms with Gasteiger partial charge in [0.1, 0.15) is 5.82 Å². The molecule has 1 heterocycles. The van der Waals surface area contributed by atoms with Crippen molar-refractivity contribution in [2.75, 3.05) is 25.0 Å². The van der Waals surface area contributed by atoms with Gasteiger partial charge >= 0.3 is 5.97 Å². The topological polar surface area (TPSA) is 93.5 Å². The molecule has 1 N–H and O–H groups in total. The van der Waals surface area contributed by atoms with E-state index >= 15 is 0 Å². The number of benzene rings is 1. The summed E-state index contributed by atoms with van der Waals surface area (Å²) in [7, 11) is 0. The summed E-state index contributed by atoms with van der Waals surface area (Å²) >= 11 is 0. The van der Waals surface area contributed by atoms with Gasteiger partial charge in [-0.3, -0.25) is 14.4 Å². The Hall–Kier alpha value is -3.16. The summed E-state index contributed by atoms with van der Waals surface area (Å²) in [4.78, 5) is 38.2. The van der Waals surface area contributed by atoms with E-state index < -0.39 is 5.97 Å². The predicted molar refractivity (Wildman–Crippen MR) is 124 cm³/mol. The van der Waals surface area contributed by atoms with Crippen molar-refractivity contribution in [2.45, 2.75) is 59.8 Å². The van der Waals surface area contributed by atoms with Crippen molar-refractivity contribution in [3.05, 3.63) is 41.6 Å². The molecule has 0 bridgehead atoms. The third kappa shape index (κ3) is 6.93. The number of aromatic nitrogens is 2. The first-order chi connectivity index (χ1) is 15.0. The quantitative estimate of drug-likeness (QED) is 0.599. The highest BCUT2D eigenvalue weighted by Crippen LogP contribution is 2.26. The van der Waals surface area contributed by atoms with Crippen LogP contribution in [0.15, 0.2) is 30.3 Å². The van der Waals surface area contributed by atoms with E-state index in [-0.39, 0.29) is 43.2 Å². The summed E-state index contributed by atoms with van der Waals surface area (Å²) in [5.74, 6) is -0.470. The Morgan fingerprint density at radius 3 is 2.44 bits per heavy atom. The lowest BCUT2D eigenvalue weighted by Crippen LogP contribution is -2.38. The maximum Gasteiger partial charge on any atom is 0.306 e. The molecule has 0 atom stereocenters. The molecule has 8 nitrogen and oxygen atoms in total. The molecule has 8 heteroatoms. The number of amides is 2. The zero-order valence-corrected chi connectivity index (χ0v) is 19.9. The highest BCUT2D eigenvalue weighted by molar-refractivity contribution is 5.94. The largest absolute Gasteiger partial charge is 0.466 e. The fourth-order valence-corrected chi connectivity index (χ4v) is 3.13. The Kier molecular flexibility index (Phi) is 8.57. The summed E-state index contributed by atoms with van der Waals surface area (Å²) in [6.45, 7) is 12.2. The standard InChI is InChI=1S/C24H34N4O4/c1-7-27(22(30)12-13-23(31)32-8-2)16-21(29)25-20-15-19(24(4,5)6)26-28(20)18-11-9-10-17(3)14-18/h9-11,14-15H,7-8,12-13,16H2,1-6H3,(H,25,29). The zero-order valence-electron chi connectivity index (χ0n) is 19.9. The van der Waals surface area contributed by atoms with Crippen LogP contribution < -0.4 is 5.32 Å². The average molecular weight is 443 g/mol. The van der Waals surface area contributed by atoms with Gasteiger partial charge in [-0.25, -0.2) is 4.68 Å². The Labute approximate surface area is 189 Å². The van der Waals surface area contributed by atoms with Crippen molar-refractivity contribution in [3.63, 3.8) is 0 Å². The fourth-order valence-electron chi connectivity index (χ4n) is 3.13. The molecule has 0 aliphatic heterocycles. The van der Waals surface area contributed by atoms with E-state index in [1.54, 1.807) is 18.5 Å². The van der Waals surface area contributed by atoms with Crippen LogP contribution in [-0.4, -0.2) is 52.2 Å². The highest BCUT2D eigenvalue weighted by atomic mass is 16.5. The molecule has 174 valence electrons. The number of nitrogens with one attached hydrogen (secondary N) is 1. The Morgan fingerprint density at radius 1 is 1.12 bits per heavy atom. The van der Waals surface area contributed by atoms with Crippen LogP contribution in [0, 0.1) is 6.92 Å². The number of carbonyl (C=O) groups is 3. The van der Waals surface area contributed by atoms with Gasteiger partial charge in [0.2, 0.25) is 11.8 Å². The molecule has 2 aromatic rings. The van der Waals surface area contributed by atoms with Crippen LogP contribution in [0.5, 0.6) is 0 Å². The molecule has 0 fully saturated rings. The second-order valence-electron chi connectivity index (χ2n) is 8.68. The molecule has 1 aromatic heterocycles. The Balaban J connectivity index is 2.16. The number of ether oxygens (including phenoxy) is 1. The minimum atomic E-state index is -0.418. The molecule has 32 heavy (non-hydrogen) atoms. The molecular weight excluding hydrogens is 408 g/mol. The minimum absolute atomic E-state index is 0.000135. The van der Waals surface area contributed by atoms with E-state index in [1.165, 1.54) is 4.90 Å². The van der Waals surface area contributed by atoms with Crippen LogP contribution in [-0.2, 0) is 24.5 Å². The molecule has 2 rings (SSSR count). The van der Waals surface area contributed by atoms with Crippen molar-refractivity contribution < 1.29 is 19.1 Å². The lowest BCUT2D eigenvalue weighted by molar-refractivity contribution is -0.145. The summed E-state index contributed by atoms with van der Waals surface area (Å²) in [5.41, 5.74) is 2.56. The number of rotatable bonds is 9. The van der Waals surface area contributed by atoms with Gasteiger partial charge in [-0.2, -0.15) is 5.10 Å². The van der Waals surface area contributed by atoms with Gasteiger partial charge in [-0.15, -0.1) is 0 Å². The van der Waals surface area contributed by atoms with Crippen LogP contribution in [0.25, 0.3) is 5.69 Å². The number of aryl methyl sites for hydroxylation is 1. The third-order valence-electron chi connectivity index (χ3n) is 4.91. The van der Waals surface area contributed by atoms with E-state index in [0.29, 0.717) is 12.4 Å². The Morgan fingerprint density at radius 2 is 1.84 bits per heavy atom. The fraction of sp³-hybridized carbons (Fsp3) is 0.500. The van der Waals surface area contributed by atoms with Crippen LogP contribution in [0.2, 0.25) is 0 Å². The van der Waals surface area contributed by atoms with Gasteiger partial charge in [-0.05, 0) is 38.5 Å². The number of anilines is 1. The van der Waals surface area contributed by atoms with Crippen LogP contribution in [0.3, 0.4) is 0 Å². The normalized spacial score (nSPS) is 11.2. The minimum Gasteiger partial charge on any atom is -0.466 e. The third-order valence-corrected chi connectivity index (χ3v) is 4.91. The van der Waals surface area contributed by atoms with Gasteiger partial charge in [0.25, 0.3) is 0 Å². The first-order valence-corrected chi connectivity index (χ1v) is 11.0. The molecule has 0 saturated heterocycles. The summed E-state index contributed by atoms with van der Waals surface area (Å²) in [6.07, 6.45) is 0.00914. The first-order valence-electron chi connectivity index (χ1n) is 11.0. The second-order valence-corrected chi connectivity index (χ2v) is 8.68. The highest BCUT2D eigenvalue weighted by Gasteiger charge is 2.23. The average Bonchev–Trinajstić information content (AvgIpc) is 3.14. The predicted octanol–water partition coefficient (Wildman–Crippen LogP) is 3.61. The molecule has 0 aliphatic rings. The SMILES string of the molecule is CCOC(=O)CCC(=O)N(CC)CC(=O)Nc1cc(C(C)(C)C)nn1-c1cccc(C)c1. The molecule has 0 aliphatic carbocycles. The number of likely N-dealkylation sites (N-methyl/N-ethyl adjacent to an activating group) is 1. The van der Waals surface area contributed by atoms with Gasteiger partial charge < -0.3 is 15.0 Å². The van der Waals surface area contributed by atoms with E-state index in [4.69, 9.17) is 9.84 Å². The molecule has 1 aromatic carbocycles. The number of esters is 1. The summed E-state index contributed by atoms with van der Waals surface area (Å²) < 4.78 is 6.57. The number of carbonyl (C=O) groups excluding carboxylic acids is 3. The lowest BCUT2D eigenvalue weighted by Gasteiger charge is -2.20. The number of hydrogen-bond donors (Lipinski definition) is 1. The van der Waals surface area contributed by atoms with E-state index in [0.717, 1.165) is 16.9 Å². The smallest absolute Gasteiger partial charge is 0.306 e. The molecule has 0 spiro atoms. The van der Waals surface area contributed by atoms with Crippen LogP contribution >= 0.6 is 0 Å². The maximum atomic E-state index is 12.8. The lowest BCUT2D eigenvalue weighted by atomic mass is 9.92. The molecule has 0 radical (unpaired) electrons. The number of nitrogens with zero attached hydrogens (tertiary/aromatic N) is 3. The van der Waals surface area contributed by atoms with Gasteiger partial charge in [-0.1, -0.05) is 32.9 Å².